The van der Waals surface area contributed by atoms with Gasteiger partial charge in [-0.2, -0.15) is 5.10 Å². The second-order valence-electron chi connectivity index (χ2n) is 5.53. The lowest BCUT2D eigenvalue weighted by Crippen LogP contribution is -2.24. The molecule has 1 atom stereocenters. The molecule has 1 unspecified atom stereocenters. The summed E-state index contributed by atoms with van der Waals surface area (Å²) in [6.45, 7) is 2.97. The Morgan fingerprint density at radius 1 is 1.29 bits per heavy atom. The molecule has 1 aromatic heterocycles. The van der Waals surface area contributed by atoms with Crippen LogP contribution in [0.25, 0.3) is 0 Å². The van der Waals surface area contributed by atoms with Crippen molar-refractivity contribution in [3.63, 3.8) is 0 Å². The van der Waals surface area contributed by atoms with E-state index in [0.717, 1.165) is 37.1 Å². The summed E-state index contributed by atoms with van der Waals surface area (Å²) in [5.74, 6) is 0.241. The second-order valence-corrected chi connectivity index (χ2v) is 5.53. The largest absolute Gasteiger partial charge is 0.319 e. The minimum Gasteiger partial charge on any atom is -0.319 e. The Hall–Kier alpha value is -1.68. The van der Waals surface area contributed by atoms with Crippen LogP contribution in [0.5, 0.6) is 0 Å². The number of benzene rings is 1. The van der Waals surface area contributed by atoms with Crippen LogP contribution in [0.15, 0.2) is 30.3 Å². The van der Waals surface area contributed by atoms with E-state index in [-0.39, 0.29) is 5.82 Å². The number of halogens is 1. The van der Waals surface area contributed by atoms with E-state index >= 15 is 0 Å². The first kappa shape index (κ1) is 15.7. The fourth-order valence-corrected chi connectivity index (χ4v) is 2.71. The van der Waals surface area contributed by atoms with Gasteiger partial charge in [-0.1, -0.05) is 25.1 Å². The Bertz CT molecular complexity index is 577. The van der Waals surface area contributed by atoms with E-state index < -0.39 is 0 Å². The van der Waals surface area contributed by atoms with E-state index in [9.17, 15) is 4.39 Å². The highest BCUT2D eigenvalue weighted by molar-refractivity contribution is 5.19. The third-order valence-electron chi connectivity index (χ3n) is 3.85. The molecule has 0 saturated heterocycles. The first-order valence-electron chi connectivity index (χ1n) is 7.53. The summed E-state index contributed by atoms with van der Waals surface area (Å²) in [4.78, 5) is 0. The maximum Gasteiger partial charge on any atom is 0.126 e. The summed E-state index contributed by atoms with van der Waals surface area (Å²) >= 11 is 0. The smallest absolute Gasteiger partial charge is 0.126 e. The molecule has 1 aromatic carbocycles. The van der Waals surface area contributed by atoms with E-state index in [4.69, 9.17) is 0 Å². The van der Waals surface area contributed by atoms with Crippen LogP contribution in [0.1, 0.15) is 23.9 Å². The number of aryl methyl sites for hydroxylation is 2. The van der Waals surface area contributed by atoms with Crippen LogP contribution >= 0.6 is 0 Å². The lowest BCUT2D eigenvalue weighted by molar-refractivity contribution is 0.466. The zero-order valence-electron chi connectivity index (χ0n) is 13.1. The number of hydrogen-bond donors (Lipinski definition) is 1. The molecule has 2 rings (SSSR count). The van der Waals surface area contributed by atoms with E-state index in [0.29, 0.717) is 5.92 Å². The Morgan fingerprint density at radius 2 is 2.05 bits per heavy atom. The van der Waals surface area contributed by atoms with Gasteiger partial charge >= 0.3 is 0 Å². The molecule has 0 aliphatic heterocycles. The SMILES string of the molecule is CCc1cc(CC(CNC)Cc2ccccc2F)n(C)n1. The predicted molar refractivity (Wildman–Crippen MR) is 83.8 cm³/mol. The van der Waals surface area contributed by atoms with Crippen LogP contribution in [0, 0.1) is 11.7 Å². The summed E-state index contributed by atoms with van der Waals surface area (Å²) in [6, 6.07) is 9.20. The van der Waals surface area contributed by atoms with Gasteiger partial charge < -0.3 is 5.32 Å². The van der Waals surface area contributed by atoms with Crippen LogP contribution < -0.4 is 5.32 Å². The summed E-state index contributed by atoms with van der Waals surface area (Å²) in [5.41, 5.74) is 3.11. The van der Waals surface area contributed by atoms with Gasteiger partial charge in [-0.05, 0) is 56.5 Å². The van der Waals surface area contributed by atoms with Crippen molar-refractivity contribution in [1.82, 2.24) is 15.1 Å². The fourth-order valence-electron chi connectivity index (χ4n) is 2.71. The van der Waals surface area contributed by atoms with Crippen LogP contribution in [-0.2, 0) is 26.3 Å². The molecule has 114 valence electrons. The Balaban J connectivity index is 2.11. The van der Waals surface area contributed by atoms with Crippen molar-refractivity contribution >= 4 is 0 Å². The molecule has 1 heterocycles. The number of rotatable bonds is 7. The molecule has 0 radical (unpaired) electrons. The lowest BCUT2D eigenvalue weighted by atomic mass is 9.94. The molecule has 3 nitrogen and oxygen atoms in total. The van der Waals surface area contributed by atoms with E-state index in [1.807, 2.05) is 30.9 Å². The zero-order valence-corrected chi connectivity index (χ0v) is 13.1. The van der Waals surface area contributed by atoms with Crippen molar-refractivity contribution in [1.29, 1.82) is 0 Å². The molecular formula is C17H24FN3. The molecule has 1 N–H and O–H groups in total. The van der Waals surface area contributed by atoms with Gasteiger partial charge in [0.05, 0.1) is 5.69 Å². The third kappa shape index (κ3) is 4.14. The summed E-state index contributed by atoms with van der Waals surface area (Å²) in [5, 5.41) is 7.70. The Morgan fingerprint density at radius 3 is 2.67 bits per heavy atom. The molecule has 0 aliphatic carbocycles. The normalized spacial score (nSPS) is 12.6. The van der Waals surface area contributed by atoms with Gasteiger partial charge in [0.25, 0.3) is 0 Å². The van der Waals surface area contributed by atoms with E-state index in [2.05, 4.69) is 23.4 Å². The van der Waals surface area contributed by atoms with Crippen LogP contribution in [0.4, 0.5) is 4.39 Å². The molecule has 0 amide bonds. The molecule has 2 aromatic rings. The topological polar surface area (TPSA) is 29.9 Å². The lowest BCUT2D eigenvalue weighted by Gasteiger charge is -2.17. The van der Waals surface area contributed by atoms with Crippen molar-refractivity contribution in [3.8, 4) is 0 Å². The molecule has 4 heteroatoms. The van der Waals surface area contributed by atoms with Crippen LogP contribution in [0.2, 0.25) is 0 Å². The van der Waals surface area contributed by atoms with Gasteiger partial charge in [0.2, 0.25) is 0 Å². The standard InChI is InChI=1S/C17H24FN3/c1-4-15-11-16(21(3)20-15)10-13(12-19-2)9-14-7-5-6-8-17(14)18/h5-8,11,13,19H,4,9-10,12H2,1-3H3. The summed E-state index contributed by atoms with van der Waals surface area (Å²) < 4.78 is 15.8. The van der Waals surface area contributed by atoms with Crippen LogP contribution in [-0.4, -0.2) is 23.4 Å². The van der Waals surface area contributed by atoms with Crippen molar-refractivity contribution in [2.45, 2.75) is 26.2 Å². The first-order valence-corrected chi connectivity index (χ1v) is 7.53. The fraction of sp³-hybridized carbons (Fsp3) is 0.471. The molecule has 21 heavy (non-hydrogen) atoms. The molecule has 0 fully saturated rings. The molecule has 0 spiro atoms. The molecular weight excluding hydrogens is 265 g/mol. The van der Waals surface area contributed by atoms with Crippen molar-refractivity contribution < 1.29 is 4.39 Å². The Labute approximate surface area is 126 Å². The molecule has 0 saturated carbocycles. The number of aromatic nitrogens is 2. The minimum atomic E-state index is -0.113. The van der Waals surface area contributed by atoms with E-state index in [1.54, 1.807) is 6.07 Å². The minimum absolute atomic E-state index is 0.113. The maximum atomic E-state index is 13.8. The van der Waals surface area contributed by atoms with E-state index in [1.165, 1.54) is 11.8 Å². The number of nitrogens with one attached hydrogen (secondary N) is 1. The zero-order chi connectivity index (χ0) is 15.2. The highest BCUT2D eigenvalue weighted by Gasteiger charge is 2.15. The number of hydrogen-bond acceptors (Lipinski definition) is 2. The van der Waals surface area contributed by atoms with Crippen molar-refractivity contribution in [2.24, 2.45) is 13.0 Å². The Kier molecular flexibility index (Phi) is 5.51. The maximum absolute atomic E-state index is 13.8. The van der Waals surface area contributed by atoms with Gasteiger partial charge in [-0.3, -0.25) is 4.68 Å². The van der Waals surface area contributed by atoms with Gasteiger partial charge in [-0.25, -0.2) is 4.39 Å². The van der Waals surface area contributed by atoms with Gasteiger partial charge in [0, 0.05) is 12.7 Å². The van der Waals surface area contributed by atoms with Gasteiger partial charge in [0.15, 0.2) is 0 Å². The molecule has 0 aliphatic rings. The summed E-state index contributed by atoms with van der Waals surface area (Å²) in [7, 11) is 3.92. The van der Waals surface area contributed by atoms with Crippen molar-refractivity contribution in [3.05, 3.63) is 53.1 Å². The second kappa shape index (κ2) is 7.36. The van der Waals surface area contributed by atoms with Gasteiger partial charge in [0.1, 0.15) is 5.82 Å². The first-order chi connectivity index (χ1) is 10.1. The number of nitrogens with zero attached hydrogens (tertiary/aromatic N) is 2. The average molecular weight is 289 g/mol. The predicted octanol–water partition coefficient (Wildman–Crippen LogP) is 2.74. The van der Waals surface area contributed by atoms with Gasteiger partial charge in [-0.15, -0.1) is 0 Å². The quantitative estimate of drug-likeness (QED) is 0.849. The average Bonchev–Trinajstić information content (AvgIpc) is 2.82. The highest BCUT2D eigenvalue weighted by atomic mass is 19.1. The monoisotopic (exact) mass is 289 g/mol. The molecule has 0 bridgehead atoms. The summed E-state index contributed by atoms with van der Waals surface area (Å²) in [6.07, 6.45) is 2.58. The third-order valence-corrected chi connectivity index (χ3v) is 3.85. The van der Waals surface area contributed by atoms with Crippen LogP contribution in [0.3, 0.4) is 0 Å². The highest BCUT2D eigenvalue weighted by Crippen LogP contribution is 2.17. The van der Waals surface area contributed by atoms with Crippen molar-refractivity contribution in [2.75, 3.05) is 13.6 Å².